The van der Waals surface area contributed by atoms with Gasteiger partial charge >= 0.3 is 0 Å². The molecule has 1 unspecified atom stereocenters. The topological polar surface area (TPSA) is 38.0 Å². The molecule has 4 heteroatoms. The van der Waals surface area contributed by atoms with Gasteiger partial charge < -0.3 is 5.11 Å². The standard InChI is InChI=1S/C14H17ClN2O/c1-17-13(7-8-16-17)5-6-14(18)10-11-3-2-4-12(15)9-11/h2-4,7-9,14,18H,5-6,10H2,1H3. The van der Waals surface area contributed by atoms with E-state index in [-0.39, 0.29) is 6.10 Å². The highest BCUT2D eigenvalue weighted by atomic mass is 35.5. The second kappa shape index (κ2) is 6.03. The summed E-state index contributed by atoms with van der Waals surface area (Å²) in [6.07, 6.45) is 3.62. The number of aromatic nitrogens is 2. The molecule has 0 fully saturated rings. The lowest BCUT2D eigenvalue weighted by atomic mass is 10.0. The van der Waals surface area contributed by atoms with E-state index in [1.807, 2.05) is 42.1 Å². The summed E-state index contributed by atoms with van der Waals surface area (Å²) >= 11 is 5.91. The fourth-order valence-corrected chi connectivity index (χ4v) is 2.21. The van der Waals surface area contributed by atoms with E-state index in [0.29, 0.717) is 11.4 Å². The van der Waals surface area contributed by atoms with Crippen LogP contribution in [0.4, 0.5) is 0 Å². The van der Waals surface area contributed by atoms with Gasteiger partial charge in [0.25, 0.3) is 0 Å². The van der Waals surface area contributed by atoms with Crippen molar-refractivity contribution in [2.45, 2.75) is 25.4 Å². The van der Waals surface area contributed by atoms with Gasteiger partial charge in [-0.2, -0.15) is 5.10 Å². The minimum Gasteiger partial charge on any atom is -0.393 e. The van der Waals surface area contributed by atoms with Gasteiger partial charge in [0, 0.05) is 24.0 Å². The van der Waals surface area contributed by atoms with Gasteiger partial charge in [-0.1, -0.05) is 23.7 Å². The molecule has 1 aromatic carbocycles. The lowest BCUT2D eigenvalue weighted by molar-refractivity contribution is 0.164. The molecule has 2 rings (SSSR count). The van der Waals surface area contributed by atoms with Crippen LogP contribution in [-0.4, -0.2) is 21.0 Å². The molecule has 0 spiro atoms. The van der Waals surface area contributed by atoms with Gasteiger partial charge in [0.2, 0.25) is 0 Å². The predicted octanol–water partition coefficient (Wildman–Crippen LogP) is 2.61. The monoisotopic (exact) mass is 264 g/mol. The van der Waals surface area contributed by atoms with Crippen LogP contribution in [0.25, 0.3) is 0 Å². The molecule has 0 aliphatic rings. The van der Waals surface area contributed by atoms with Crippen LogP contribution in [0.15, 0.2) is 36.5 Å². The molecular weight excluding hydrogens is 248 g/mol. The van der Waals surface area contributed by atoms with Crippen molar-refractivity contribution < 1.29 is 5.11 Å². The van der Waals surface area contributed by atoms with Crippen LogP contribution in [0.3, 0.4) is 0 Å². The average molecular weight is 265 g/mol. The average Bonchev–Trinajstić information content (AvgIpc) is 2.72. The van der Waals surface area contributed by atoms with E-state index >= 15 is 0 Å². The molecule has 96 valence electrons. The molecule has 1 aromatic heterocycles. The van der Waals surface area contributed by atoms with Gasteiger partial charge in [0.15, 0.2) is 0 Å². The molecule has 0 aliphatic heterocycles. The first-order valence-electron chi connectivity index (χ1n) is 6.04. The Morgan fingerprint density at radius 3 is 2.89 bits per heavy atom. The number of nitrogens with zero attached hydrogens (tertiary/aromatic N) is 2. The Balaban J connectivity index is 1.86. The summed E-state index contributed by atoms with van der Waals surface area (Å²) < 4.78 is 1.84. The minimum atomic E-state index is -0.349. The summed E-state index contributed by atoms with van der Waals surface area (Å²) in [5.41, 5.74) is 2.21. The zero-order valence-electron chi connectivity index (χ0n) is 10.4. The molecule has 0 saturated heterocycles. The molecule has 1 N–H and O–H groups in total. The Bertz CT molecular complexity index is 510. The number of aliphatic hydroxyl groups excluding tert-OH is 1. The van der Waals surface area contributed by atoms with Crippen molar-refractivity contribution in [2.24, 2.45) is 7.05 Å². The van der Waals surface area contributed by atoms with Crippen molar-refractivity contribution in [1.29, 1.82) is 0 Å². The van der Waals surface area contributed by atoms with Crippen molar-refractivity contribution in [2.75, 3.05) is 0 Å². The zero-order chi connectivity index (χ0) is 13.0. The van der Waals surface area contributed by atoms with Crippen LogP contribution in [0.5, 0.6) is 0 Å². The van der Waals surface area contributed by atoms with Crippen LogP contribution in [0.1, 0.15) is 17.7 Å². The van der Waals surface area contributed by atoms with Crippen molar-refractivity contribution >= 4 is 11.6 Å². The van der Waals surface area contributed by atoms with Crippen molar-refractivity contribution in [3.05, 3.63) is 52.8 Å². The van der Waals surface area contributed by atoms with Crippen LogP contribution in [-0.2, 0) is 19.9 Å². The first-order valence-corrected chi connectivity index (χ1v) is 6.42. The lowest BCUT2D eigenvalue weighted by Gasteiger charge is -2.11. The van der Waals surface area contributed by atoms with Crippen LogP contribution in [0, 0.1) is 0 Å². The predicted molar refractivity (Wildman–Crippen MR) is 72.7 cm³/mol. The third-order valence-corrected chi connectivity index (χ3v) is 3.25. The molecule has 0 radical (unpaired) electrons. The van der Waals surface area contributed by atoms with E-state index in [1.165, 1.54) is 0 Å². The smallest absolute Gasteiger partial charge is 0.0584 e. The SMILES string of the molecule is Cn1nccc1CCC(O)Cc1cccc(Cl)c1. The molecule has 1 atom stereocenters. The fourth-order valence-electron chi connectivity index (χ4n) is 2.00. The molecule has 2 aromatic rings. The maximum Gasteiger partial charge on any atom is 0.0584 e. The molecule has 0 amide bonds. The molecule has 0 saturated carbocycles. The van der Waals surface area contributed by atoms with E-state index in [2.05, 4.69) is 5.10 Å². The normalized spacial score (nSPS) is 12.6. The summed E-state index contributed by atoms with van der Waals surface area (Å²) in [5, 5.41) is 14.8. The second-order valence-electron chi connectivity index (χ2n) is 4.47. The number of hydrogen-bond donors (Lipinski definition) is 1. The number of rotatable bonds is 5. The summed E-state index contributed by atoms with van der Waals surface area (Å²) in [5.74, 6) is 0. The molecular formula is C14H17ClN2O. The Labute approximate surface area is 112 Å². The summed E-state index contributed by atoms with van der Waals surface area (Å²) in [6, 6.07) is 9.61. The van der Waals surface area contributed by atoms with Crippen molar-refractivity contribution in [1.82, 2.24) is 9.78 Å². The summed E-state index contributed by atoms with van der Waals surface area (Å²) in [6.45, 7) is 0. The quantitative estimate of drug-likeness (QED) is 0.902. The molecule has 1 heterocycles. The Morgan fingerprint density at radius 1 is 1.39 bits per heavy atom. The highest BCUT2D eigenvalue weighted by Crippen LogP contribution is 2.14. The second-order valence-corrected chi connectivity index (χ2v) is 4.91. The Hall–Kier alpha value is -1.32. The van der Waals surface area contributed by atoms with Crippen molar-refractivity contribution in [3.8, 4) is 0 Å². The Kier molecular flexibility index (Phi) is 4.39. The van der Waals surface area contributed by atoms with Gasteiger partial charge in [0.05, 0.1) is 6.10 Å². The van der Waals surface area contributed by atoms with E-state index in [1.54, 1.807) is 6.20 Å². The van der Waals surface area contributed by atoms with Crippen molar-refractivity contribution in [3.63, 3.8) is 0 Å². The largest absolute Gasteiger partial charge is 0.393 e. The van der Waals surface area contributed by atoms with Gasteiger partial charge in [-0.3, -0.25) is 4.68 Å². The number of aliphatic hydroxyl groups is 1. The highest BCUT2D eigenvalue weighted by Gasteiger charge is 2.08. The third kappa shape index (κ3) is 3.59. The first kappa shape index (κ1) is 13.1. The zero-order valence-corrected chi connectivity index (χ0v) is 11.1. The third-order valence-electron chi connectivity index (χ3n) is 3.02. The Morgan fingerprint density at radius 2 is 2.22 bits per heavy atom. The number of benzene rings is 1. The molecule has 18 heavy (non-hydrogen) atoms. The van der Waals surface area contributed by atoms with E-state index < -0.39 is 0 Å². The van der Waals surface area contributed by atoms with E-state index in [4.69, 9.17) is 11.6 Å². The summed E-state index contributed by atoms with van der Waals surface area (Å²) in [4.78, 5) is 0. The van der Waals surface area contributed by atoms with Crippen LogP contribution in [0.2, 0.25) is 5.02 Å². The highest BCUT2D eigenvalue weighted by molar-refractivity contribution is 6.30. The number of aryl methyl sites for hydroxylation is 2. The van der Waals surface area contributed by atoms with Gasteiger partial charge in [-0.05, 0) is 43.0 Å². The van der Waals surface area contributed by atoms with Gasteiger partial charge in [-0.25, -0.2) is 0 Å². The molecule has 3 nitrogen and oxygen atoms in total. The van der Waals surface area contributed by atoms with E-state index in [0.717, 1.165) is 24.1 Å². The molecule has 0 bridgehead atoms. The maximum atomic E-state index is 10.0. The van der Waals surface area contributed by atoms with E-state index in [9.17, 15) is 5.11 Å². The van der Waals surface area contributed by atoms with Gasteiger partial charge in [0.1, 0.15) is 0 Å². The van der Waals surface area contributed by atoms with Crippen LogP contribution >= 0.6 is 11.6 Å². The molecule has 0 aliphatic carbocycles. The first-order chi connectivity index (χ1) is 8.65. The number of hydrogen-bond acceptors (Lipinski definition) is 2. The maximum absolute atomic E-state index is 10.0. The fraction of sp³-hybridized carbons (Fsp3) is 0.357. The number of halogens is 1. The summed E-state index contributed by atoms with van der Waals surface area (Å²) in [7, 11) is 1.92. The minimum absolute atomic E-state index is 0.349. The van der Waals surface area contributed by atoms with Gasteiger partial charge in [-0.15, -0.1) is 0 Å². The van der Waals surface area contributed by atoms with Crippen LogP contribution < -0.4 is 0 Å². The lowest BCUT2D eigenvalue weighted by Crippen LogP contribution is -2.12.